The van der Waals surface area contributed by atoms with E-state index in [1.54, 1.807) is 0 Å². The summed E-state index contributed by atoms with van der Waals surface area (Å²) in [7, 11) is -2.82. The summed E-state index contributed by atoms with van der Waals surface area (Å²) in [5.74, 6) is 0.620. The highest BCUT2D eigenvalue weighted by Gasteiger charge is 2.11. The number of alkyl halides is 1. The lowest BCUT2D eigenvalue weighted by Gasteiger charge is -2.20. The first-order valence-corrected chi connectivity index (χ1v) is 8.48. The van der Waals surface area contributed by atoms with Crippen LogP contribution < -0.4 is 0 Å². The van der Waals surface area contributed by atoms with Gasteiger partial charge in [0.15, 0.2) is 9.84 Å². The van der Waals surface area contributed by atoms with Crippen molar-refractivity contribution >= 4 is 25.8 Å². The molecule has 0 saturated carbocycles. The van der Waals surface area contributed by atoms with E-state index in [9.17, 15) is 8.42 Å². The third kappa shape index (κ3) is 8.22. The van der Waals surface area contributed by atoms with Crippen molar-refractivity contribution in [1.82, 2.24) is 4.90 Å². The molecule has 0 saturated heterocycles. The maximum Gasteiger partial charge on any atom is 0.151 e. The summed E-state index contributed by atoms with van der Waals surface area (Å²) in [6.45, 7) is 6.59. The summed E-state index contributed by atoms with van der Waals surface area (Å²) in [6, 6.07) is 0. The molecular formula is C10H22BrNO2S. The zero-order valence-corrected chi connectivity index (χ0v) is 12.1. The van der Waals surface area contributed by atoms with E-state index in [-0.39, 0.29) is 0 Å². The molecule has 0 spiro atoms. The molecule has 0 aliphatic rings. The van der Waals surface area contributed by atoms with Crippen LogP contribution in [0.4, 0.5) is 0 Å². The van der Waals surface area contributed by atoms with Crippen LogP contribution in [0.1, 0.15) is 26.7 Å². The molecule has 0 aliphatic heterocycles. The summed E-state index contributed by atoms with van der Waals surface area (Å²) >= 11 is 3.38. The monoisotopic (exact) mass is 299 g/mol. The van der Waals surface area contributed by atoms with Gasteiger partial charge in [-0.25, -0.2) is 8.42 Å². The minimum absolute atomic E-state index is 0.299. The lowest BCUT2D eigenvalue weighted by molar-refractivity contribution is 0.308. The fourth-order valence-electron chi connectivity index (χ4n) is 1.45. The van der Waals surface area contributed by atoms with Crippen molar-refractivity contribution in [2.45, 2.75) is 26.7 Å². The zero-order valence-electron chi connectivity index (χ0n) is 9.71. The van der Waals surface area contributed by atoms with Crippen LogP contribution in [-0.2, 0) is 9.84 Å². The van der Waals surface area contributed by atoms with Crippen molar-refractivity contribution in [2.24, 2.45) is 0 Å². The second-order valence-corrected chi connectivity index (χ2v) is 6.78. The van der Waals surface area contributed by atoms with Crippen LogP contribution in [0, 0.1) is 0 Å². The number of hydrogen-bond donors (Lipinski definition) is 0. The topological polar surface area (TPSA) is 37.4 Å². The Morgan fingerprint density at radius 2 is 1.67 bits per heavy atom. The fraction of sp³-hybridized carbons (Fsp3) is 1.00. The van der Waals surface area contributed by atoms with E-state index in [1.165, 1.54) is 0 Å². The predicted molar refractivity (Wildman–Crippen MR) is 69.5 cm³/mol. The van der Waals surface area contributed by atoms with Gasteiger partial charge in [-0.15, -0.1) is 0 Å². The molecule has 0 aromatic heterocycles. The highest BCUT2D eigenvalue weighted by atomic mass is 79.9. The average Bonchev–Trinajstić information content (AvgIpc) is 2.15. The van der Waals surface area contributed by atoms with E-state index >= 15 is 0 Å². The van der Waals surface area contributed by atoms with Crippen molar-refractivity contribution < 1.29 is 8.42 Å². The largest absolute Gasteiger partial charge is 0.302 e. The molecule has 0 aromatic rings. The van der Waals surface area contributed by atoms with Gasteiger partial charge in [0.1, 0.15) is 0 Å². The Morgan fingerprint density at radius 1 is 1.00 bits per heavy atom. The minimum atomic E-state index is -2.82. The van der Waals surface area contributed by atoms with Crippen LogP contribution in [0.5, 0.6) is 0 Å². The first-order chi connectivity index (χ1) is 7.05. The Labute approximate surface area is 102 Å². The molecule has 0 aliphatic carbocycles. The molecule has 5 heteroatoms. The molecule has 0 heterocycles. The smallest absolute Gasteiger partial charge is 0.151 e. The van der Waals surface area contributed by atoms with Gasteiger partial charge in [-0.2, -0.15) is 0 Å². The van der Waals surface area contributed by atoms with E-state index in [1.807, 2.05) is 6.92 Å². The molecule has 0 aromatic carbocycles. The minimum Gasteiger partial charge on any atom is -0.302 e. The number of hydrogen-bond acceptors (Lipinski definition) is 3. The van der Waals surface area contributed by atoms with Crippen LogP contribution in [0.2, 0.25) is 0 Å². The van der Waals surface area contributed by atoms with Gasteiger partial charge in [-0.1, -0.05) is 29.8 Å². The van der Waals surface area contributed by atoms with Crippen molar-refractivity contribution in [1.29, 1.82) is 0 Å². The van der Waals surface area contributed by atoms with Crippen LogP contribution >= 0.6 is 15.9 Å². The van der Waals surface area contributed by atoms with E-state index < -0.39 is 9.84 Å². The van der Waals surface area contributed by atoms with Gasteiger partial charge in [0.05, 0.1) is 5.75 Å². The molecule has 92 valence electrons. The Balaban J connectivity index is 3.97. The van der Waals surface area contributed by atoms with Crippen molar-refractivity contribution in [3.8, 4) is 0 Å². The zero-order chi connectivity index (χ0) is 11.7. The Kier molecular flexibility index (Phi) is 8.75. The maximum atomic E-state index is 11.5. The van der Waals surface area contributed by atoms with Crippen molar-refractivity contribution in [3.05, 3.63) is 0 Å². The van der Waals surface area contributed by atoms with Gasteiger partial charge < -0.3 is 4.90 Å². The van der Waals surface area contributed by atoms with Gasteiger partial charge in [-0.3, -0.25) is 0 Å². The second kappa shape index (κ2) is 8.53. The van der Waals surface area contributed by atoms with Crippen molar-refractivity contribution in [3.63, 3.8) is 0 Å². The van der Waals surface area contributed by atoms with Gasteiger partial charge in [0, 0.05) is 24.2 Å². The van der Waals surface area contributed by atoms with Crippen LogP contribution in [-0.4, -0.2) is 49.8 Å². The van der Waals surface area contributed by atoms with Gasteiger partial charge in [0.25, 0.3) is 0 Å². The molecular weight excluding hydrogens is 278 g/mol. The van der Waals surface area contributed by atoms with Crippen LogP contribution in [0.15, 0.2) is 0 Å². The number of nitrogens with zero attached hydrogens (tertiary/aromatic N) is 1. The summed E-state index contributed by atoms with van der Waals surface area (Å²) in [4.78, 5) is 2.20. The molecule has 0 rings (SSSR count). The summed E-state index contributed by atoms with van der Waals surface area (Å²) < 4.78 is 23.0. The van der Waals surface area contributed by atoms with Crippen LogP contribution in [0.25, 0.3) is 0 Å². The van der Waals surface area contributed by atoms with Gasteiger partial charge >= 0.3 is 0 Å². The third-order valence-electron chi connectivity index (χ3n) is 2.17. The predicted octanol–water partition coefficient (Wildman–Crippen LogP) is 1.92. The van der Waals surface area contributed by atoms with Crippen LogP contribution in [0.3, 0.4) is 0 Å². The van der Waals surface area contributed by atoms with E-state index in [0.717, 1.165) is 24.8 Å². The van der Waals surface area contributed by atoms with E-state index in [2.05, 4.69) is 27.8 Å². The maximum absolute atomic E-state index is 11.5. The molecule has 0 amide bonds. The van der Waals surface area contributed by atoms with E-state index in [0.29, 0.717) is 24.5 Å². The van der Waals surface area contributed by atoms with Gasteiger partial charge in [0.2, 0.25) is 0 Å². The highest BCUT2D eigenvalue weighted by Crippen LogP contribution is 1.99. The SMILES string of the molecule is CCCN(CCBr)CCS(=O)(=O)CCC. The molecule has 0 radical (unpaired) electrons. The Hall–Kier alpha value is 0.390. The fourth-order valence-corrected chi connectivity index (χ4v) is 3.32. The van der Waals surface area contributed by atoms with Gasteiger partial charge in [-0.05, 0) is 19.4 Å². The highest BCUT2D eigenvalue weighted by molar-refractivity contribution is 9.09. The second-order valence-electron chi connectivity index (χ2n) is 3.68. The Bertz CT molecular complexity index is 236. The average molecular weight is 300 g/mol. The third-order valence-corrected chi connectivity index (χ3v) is 4.36. The molecule has 0 atom stereocenters. The molecule has 0 bridgehead atoms. The molecule has 3 nitrogen and oxygen atoms in total. The normalized spacial score (nSPS) is 12.3. The number of sulfone groups is 1. The lowest BCUT2D eigenvalue weighted by atomic mass is 10.4. The summed E-state index contributed by atoms with van der Waals surface area (Å²) in [6.07, 6.45) is 1.79. The number of halogens is 1. The standard InChI is InChI=1S/C10H22BrNO2S/c1-3-6-12(7-5-11)8-10-15(13,14)9-4-2/h3-10H2,1-2H3. The van der Waals surface area contributed by atoms with E-state index in [4.69, 9.17) is 0 Å². The van der Waals surface area contributed by atoms with Crippen molar-refractivity contribution in [2.75, 3.05) is 36.5 Å². The summed E-state index contributed by atoms with van der Waals surface area (Å²) in [5, 5.41) is 0.904. The first kappa shape index (κ1) is 15.4. The molecule has 0 unspecified atom stereocenters. The number of rotatable bonds is 9. The molecule has 0 fully saturated rings. The first-order valence-electron chi connectivity index (χ1n) is 5.54. The lowest BCUT2D eigenvalue weighted by Crippen LogP contribution is -2.32. The molecule has 15 heavy (non-hydrogen) atoms. The summed E-state index contributed by atoms with van der Waals surface area (Å²) in [5.41, 5.74) is 0. The Morgan fingerprint density at radius 3 is 2.13 bits per heavy atom. The molecule has 0 N–H and O–H groups in total. The quantitative estimate of drug-likeness (QED) is 0.611.